The minimum atomic E-state index is -0.312. The van der Waals surface area contributed by atoms with Gasteiger partial charge in [-0.25, -0.2) is 4.79 Å². The van der Waals surface area contributed by atoms with Crippen LogP contribution in [0.25, 0.3) is 22.3 Å². The topological polar surface area (TPSA) is 70.8 Å². The molecule has 1 aliphatic rings. The van der Waals surface area contributed by atoms with Crippen LogP contribution in [-0.2, 0) is 16.6 Å². The molecule has 0 bridgehead atoms. The highest BCUT2D eigenvalue weighted by Crippen LogP contribution is 2.45. The van der Waals surface area contributed by atoms with Gasteiger partial charge in [0.25, 0.3) is 0 Å². The van der Waals surface area contributed by atoms with E-state index >= 15 is 0 Å². The van der Waals surface area contributed by atoms with Crippen molar-refractivity contribution in [1.29, 1.82) is 0 Å². The zero-order valence-corrected chi connectivity index (χ0v) is 12.8. The van der Waals surface area contributed by atoms with E-state index in [-0.39, 0.29) is 11.4 Å². The van der Waals surface area contributed by atoms with Crippen LogP contribution >= 0.6 is 0 Å². The van der Waals surface area contributed by atoms with Crippen LogP contribution in [0.1, 0.15) is 35.3 Å². The van der Waals surface area contributed by atoms with Gasteiger partial charge in [-0.1, -0.05) is 13.8 Å². The second kappa shape index (κ2) is 4.22. The first kappa shape index (κ1) is 13.1. The fourth-order valence-electron chi connectivity index (χ4n) is 3.55. The molecule has 5 heteroatoms. The molecule has 0 atom stereocenters. The van der Waals surface area contributed by atoms with Crippen LogP contribution in [0, 0.1) is 0 Å². The first-order valence-corrected chi connectivity index (χ1v) is 7.28. The average molecular weight is 295 g/mol. The van der Waals surface area contributed by atoms with Crippen molar-refractivity contribution in [3.8, 4) is 11.4 Å². The van der Waals surface area contributed by atoms with Crippen molar-refractivity contribution >= 4 is 16.9 Å². The Kier molecular flexibility index (Phi) is 2.52. The lowest BCUT2D eigenvalue weighted by Crippen LogP contribution is -2.24. The number of carbonyl (C=O) groups is 1. The Hall–Kier alpha value is -2.56. The van der Waals surface area contributed by atoms with E-state index in [0.29, 0.717) is 5.56 Å². The van der Waals surface area contributed by atoms with Gasteiger partial charge in [-0.3, -0.25) is 5.10 Å². The monoisotopic (exact) mass is 295 g/mol. The molecule has 0 saturated heterocycles. The lowest BCUT2D eigenvalue weighted by atomic mass is 9.73. The Morgan fingerprint density at radius 2 is 2.14 bits per heavy atom. The molecule has 0 aliphatic heterocycles. The number of hydrogen-bond acceptors (Lipinski definition) is 3. The number of nitrogens with one attached hydrogen (secondary N) is 2. The van der Waals surface area contributed by atoms with E-state index in [1.807, 2.05) is 18.3 Å². The molecule has 5 nitrogen and oxygen atoms in total. The maximum absolute atomic E-state index is 11.8. The van der Waals surface area contributed by atoms with Gasteiger partial charge in [0, 0.05) is 16.5 Å². The smallest absolute Gasteiger partial charge is 0.337 e. The fraction of sp³-hybridized carbons (Fsp3) is 0.294. The summed E-state index contributed by atoms with van der Waals surface area (Å²) in [6, 6.07) is 5.64. The zero-order chi connectivity index (χ0) is 15.5. The lowest BCUT2D eigenvalue weighted by Gasteiger charge is -2.30. The van der Waals surface area contributed by atoms with Crippen LogP contribution < -0.4 is 0 Å². The van der Waals surface area contributed by atoms with Crippen LogP contribution in [0.5, 0.6) is 0 Å². The molecule has 0 saturated carbocycles. The van der Waals surface area contributed by atoms with Crippen molar-refractivity contribution in [3.05, 3.63) is 41.1 Å². The maximum atomic E-state index is 11.8. The summed E-state index contributed by atoms with van der Waals surface area (Å²) in [6.45, 7) is 4.44. The van der Waals surface area contributed by atoms with Crippen LogP contribution in [0.4, 0.5) is 0 Å². The number of hydrogen-bond donors (Lipinski definition) is 2. The van der Waals surface area contributed by atoms with Gasteiger partial charge < -0.3 is 9.72 Å². The van der Waals surface area contributed by atoms with Gasteiger partial charge in [0.1, 0.15) is 0 Å². The van der Waals surface area contributed by atoms with E-state index in [0.717, 1.165) is 28.7 Å². The van der Waals surface area contributed by atoms with Crippen molar-refractivity contribution in [2.45, 2.75) is 25.7 Å². The molecule has 0 amide bonds. The molecule has 4 rings (SSSR count). The van der Waals surface area contributed by atoms with E-state index < -0.39 is 0 Å². The molecule has 3 aromatic rings. The van der Waals surface area contributed by atoms with E-state index in [9.17, 15) is 4.79 Å². The van der Waals surface area contributed by atoms with Gasteiger partial charge in [0.05, 0.1) is 30.3 Å². The highest BCUT2D eigenvalue weighted by Gasteiger charge is 2.35. The van der Waals surface area contributed by atoms with Crippen LogP contribution in [0.3, 0.4) is 0 Å². The standard InChI is InChI=1S/C17H17N3O2/c1-17(2)7-10-8-18-20-14(10)15-13(17)11-6-9(16(21)22-3)4-5-12(11)19-15/h4-6,8,19H,7H2,1-3H3,(H,18,20). The molecular formula is C17H17N3O2. The summed E-state index contributed by atoms with van der Waals surface area (Å²) in [4.78, 5) is 15.3. The van der Waals surface area contributed by atoms with Gasteiger partial charge >= 0.3 is 5.97 Å². The number of carbonyl (C=O) groups excluding carboxylic acids is 1. The highest BCUT2D eigenvalue weighted by atomic mass is 16.5. The van der Waals surface area contributed by atoms with Gasteiger partial charge in [-0.15, -0.1) is 0 Å². The average Bonchev–Trinajstić information content (AvgIpc) is 3.08. The molecule has 0 radical (unpaired) electrons. The molecule has 22 heavy (non-hydrogen) atoms. The van der Waals surface area contributed by atoms with Crippen molar-refractivity contribution in [2.75, 3.05) is 7.11 Å². The minimum absolute atomic E-state index is 0.0286. The largest absolute Gasteiger partial charge is 0.465 e. The Bertz CT molecular complexity index is 902. The molecule has 1 aromatic carbocycles. The first-order chi connectivity index (χ1) is 10.5. The number of aromatic amines is 2. The second-order valence-electron chi connectivity index (χ2n) is 6.46. The summed E-state index contributed by atoms with van der Waals surface area (Å²) >= 11 is 0. The van der Waals surface area contributed by atoms with E-state index in [1.54, 1.807) is 6.07 Å². The van der Waals surface area contributed by atoms with Gasteiger partial charge in [0.2, 0.25) is 0 Å². The number of benzene rings is 1. The molecule has 0 fully saturated rings. The predicted molar refractivity (Wildman–Crippen MR) is 83.9 cm³/mol. The third kappa shape index (κ3) is 1.65. The minimum Gasteiger partial charge on any atom is -0.465 e. The Balaban J connectivity index is 2.04. The number of nitrogens with zero attached hydrogens (tertiary/aromatic N) is 1. The summed E-state index contributed by atoms with van der Waals surface area (Å²) < 4.78 is 4.84. The molecule has 112 valence electrons. The quantitative estimate of drug-likeness (QED) is 0.677. The summed E-state index contributed by atoms with van der Waals surface area (Å²) in [5.41, 5.74) is 6.13. The Morgan fingerprint density at radius 3 is 2.91 bits per heavy atom. The van der Waals surface area contributed by atoms with Crippen molar-refractivity contribution in [1.82, 2.24) is 15.2 Å². The number of esters is 1. The number of ether oxygens (including phenoxy) is 1. The van der Waals surface area contributed by atoms with Crippen LogP contribution in [-0.4, -0.2) is 28.3 Å². The van der Waals surface area contributed by atoms with Crippen molar-refractivity contribution in [2.24, 2.45) is 0 Å². The van der Waals surface area contributed by atoms with E-state index in [4.69, 9.17) is 4.74 Å². The molecule has 1 aliphatic carbocycles. The van der Waals surface area contributed by atoms with E-state index in [1.165, 1.54) is 18.2 Å². The molecule has 2 N–H and O–H groups in total. The third-order valence-electron chi connectivity index (χ3n) is 4.50. The molecular weight excluding hydrogens is 278 g/mol. The van der Waals surface area contributed by atoms with Crippen molar-refractivity contribution in [3.63, 3.8) is 0 Å². The number of aromatic nitrogens is 3. The Labute approximate surface area is 127 Å². The number of rotatable bonds is 1. The summed E-state index contributed by atoms with van der Waals surface area (Å²) in [7, 11) is 1.40. The van der Waals surface area contributed by atoms with Gasteiger partial charge in [-0.2, -0.15) is 5.10 Å². The first-order valence-electron chi connectivity index (χ1n) is 7.28. The fourth-order valence-corrected chi connectivity index (χ4v) is 3.55. The highest BCUT2D eigenvalue weighted by molar-refractivity contribution is 5.99. The molecule has 2 aromatic heterocycles. The zero-order valence-electron chi connectivity index (χ0n) is 12.8. The normalized spacial score (nSPS) is 15.4. The van der Waals surface area contributed by atoms with Crippen molar-refractivity contribution < 1.29 is 9.53 Å². The third-order valence-corrected chi connectivity index (χ3v) is 4.50. The van der Waals surface area contributed by atoms with Gasteiger partial charge in [-0.05, 0) is 35.6 Å². The second-order valence-corrected chi connectivity index (χ2v) is 6.46. The summed E-state index contributed by atoms with van der Waals surface area (Å²) in [5.74, 6) is -0.312. The number of H-pyrrole nitrogens is 2. The number of fused-ring (bicyclic) bond motifs is 5. The lowest BCUT2D eigenvalue weighted by molar-refractivity contribution is 0.0601. The molecule has 0 spiro atoms. The maximum Gasteiger partial charge on any atom is 0.337 e. The number of methoxy groups -OCH3 is 1. The van der Waals surface area contributed by atoms with Crippen LogP contribution in [0.15, 0.2) is 24.4 Å². The van der Waals surface area contributed by atoms with Crippen LogP contribution in [0.2, 0.25) is 0 Å². The summed E-state index contributed by atoms with van der Waals surface area (Å²) in [6.07, 6.45) is 2.81. The Morgan fingerprint density at radius 1 is 1.32 bits per heavy atom. The summed E-state index contributed by atoms with van der Waals surface area (Å²) in [5, 5.41) is 8.34. The molecule has 0 unspecified atom stereocenters. The molecule has 2 heterocycles. The predicted octanol–water partition coefficient (Wildman–Crippen LogP) is 3.18. The SMILES string of the molecule is COC(=O)c1ccc2[nH]c3c(c2c1)C(C)(C)Cc1cn[nH]c1-3. The van der Waals surface area contributed by atoms with Gasteiger partial charge in [0.15, 0.2) is 0 Å². The van der Waals surface area contributed by atoms with E-state index in [2.05, 4.69) is 29.0 Å².